The normalized spacial score (nSPS) is 15.1. The monoisotopic (exact) mass is 440 g/mol. The van der Waals surface area contributed by atoms with Gasteiger partial charge in [0.1, 0.15) is 11.5 Å². The fourth-order valence-electron chi connectivity index (χ4n) is 3.68. The van der Waals surface area contributed by atoms with E-state index in [2.05, 4.69) is 15.5 Å². The fourth-order valence-corrected chi connectivity index (χ4v) is 3.68. The van der Waals surface area contributed by atoms with Crippen LogP contribution in [0.1, 0.15) is 24.1 Å². The van der Waals surface area contributed by atoms with E-state index < -0.39 is 0 Å². The number of aryl methyl sites for hydroxylation is 1. The molecule has 32 heavy (non-hydrogen) atoms. The van der Waals surface area contributed by atoms with Gasteiger partial charge in [0.2, 0.25) is 5.91 Å². The summed E-state index contributed by atoms with van der Waals surface area (Å²) in [5.41, 5.74) is 2.80. The van der Waals surface area contributed by atoms with Gasteiger partial charge in [0.15, 0.2) is 0 Å². The number of carbonyl (C=O) groups is 2. The van der Waals surface area contributed by atoms with E-state index >= 15 is 0 Å². The first kappa shape index (κ1) is 23.4. The number of ether oxygens (including phenoxy) is 2. The van der Waals surface area contributed by atoms with Crippen LogP contribution in [0.4, 0.5) is 10.5 Å². The number of nitrogens with one attached hydrogen (secondary N) is 2. The van der Waals surface area contributed by atoms with Crippen molar-refractivity contribution in [1.29, 1.82) is 0 Å². The number of nitrogens with zero attached hydrogens (tertiary/aromatic N) is 2. The van der Waals surface area contributed by atoms with Crippen molar-refractivity contribution in [2.45, 2.75) is 19.9 Å². The quantitative estimate of drug-likeness (QED) is 0.692. The topological polar surface area (TPSA) is 83.1 Å². The number of amides is 3. The van der Waals surface area contributed by atoms with Gasteiger partial charge >= 0.3 is 6.03 Å². The molecule has 3 rings (SSSR count). The Balaban J connectivity index is 1.48. The predicted molar refractivity (Wildman–Crippen MR) is 124 cm³/mol. The Morgan fingerprint density at radius 3 is 2.31 bits per heavy atom. The van der Waals surface area contributed by atoms with Crippen LogP contribution in [0.3, 0.4) is 0 Å². The van der Waals surface area contributed by atoms with Gasteiger partial charge in [-0.3, -0.25) is 9.69 Å². The number of hydrogen-bond donors (Lipinski definition) is 2. The smallest absolute Gasteiger partial charge is 0.317 e. The van der Waals surface area contributed by atoms with E-state index in [-0.39, 0.29) is 18.0 Å². The van der Waals surface area contributed by atoms with Gasteiger partial charge in [-0.1, -0.05) is 17.7 Å². The molecule has 0 aromatic heterocycles. The van der Waals surface area contributed by atoms with E-state index in [1.807, 2.05) is 56.3 Å². The number of methoxy groups -OCH3 is 2. The maximum Gasteiger partial charge on any atom is 0.317 e. The summed E-state index contributed by atoms with van der Waals surface area (Å²) in [5, 5.41) is 5.96. The van der Waals surface area contributed by atoms with Crippen LogP contribution in [-0.2, 0) is 4.79 Å². The first-order valence-electron chi connectivity index (χ1n) is 10.8. The summed E-state index contributed by atoms with van der Waals surface area (Å²) in [7, 11) is 3.21. The Bertz CT molecular complexity index is 924. The Hall–Kier alpha value is -3.26. The number of anilines is 1. The second kappa shape index (κ2) is 10.9. The van der Waals surface area contributed by atoms with Gasteiger partial charge in [-0.25, -0.2) is 4.79 Å². The molecule has 2 aromatic carbocycles. The third-order valence-corrected chi connectivity index (χ3v) is 5.61. The minimum absolute atomic E-state index is 0.0505. The van der Waals surface area contributed by atoms with Gasteiger partial charge in [0.05, 0.1) is 26.8 Å². The molecule has 0 bridgehead atoms. The highest BCUT2D eigenvalue weighted by Crippen LogP contribution is 2.29. The van der Waals surface area contributed by atoms with Crippen molar-refractivity contribution in [1.82, 2.24) is 15.1 Å². The van der Waals surface area contributed by atoms with Gasteiger partial charge < -0.3 is 25.0 Å². The maximum absolute atomic E-state index is 12.8. The summed E-state index contributed by atoms with van der Waals surface area (Å²) in [4.78, 5) is 28.9. The zero-order chi connectivity index (χ0) is 23.1. The Labute approximate surface area is 189 Å². The SMILES string of the molecule is COc1ccc(OC)c([C@H](C)NC(=O)N2CCN(CC(=O)Nc3ccc(C)cc3)CC2)c1. The summed E-state index contributed by atoms with van der Waals surface area (Å²) in [5.74, 6) is 1.35. The molecule has 2 aromatic rings. The van der Waals surface area contributed by atoms with Crippen molar-refractivity contribution >= 4 is 17.6 Å². The molecule has 0 spiro atoms. The van der Waals surface area contributed by atoms with E-state index in [1.165, 1.54) is 0 Å². The molecule has 1 fully saturated rings. The standard InChI is InChI=1S/C24H32N4O4/c1-17-5-7-19(8-6-17)26-23(29)16-27-11-13-28(14-12-27)24(30)25-18(2)21-15-20(31-3)9-10-22(21)32-4/h5-10,15,18H,11-14,16H2,1-4H3,(H,25,30)(H,26,29)/t18-/m0/s1. The van der Waals surface area contributed by atoms with Crippen LogP contribution in [0.5, 0.6) is 11.5 Å². The number of hydrogen-bond acceptors (Lipinski definition) is 5. The third-order valence-electron chi connectivity index (χ3n) is 5.61. The summed E-state index contributed by atoms with van der Waals surface area (Å²) >= 11 is 0. The Morgan fingerprint density at radius 1 is 1.00 bits per heavy atom. The molecule has 1 saturated heterocycles. The largest absolute Gasteiger partial charge is 0.497 e. The molecule has 0 unspecified atom stereocenters. The van der Waals surface area contributed by atoms with E-state index in [0.29, 0.717) is 44.2 Å². The molecule has 1 atom stereocenters. The van der Waals surface area contributed by atoms with Gasteiger partial charge in [0.25, 0.3) is 0 Å². The Kier molecular flexibility index (Phi) is 7.94. The summed E-state index contributed by atoms with van der Waals surface area (Å²) in [6.07, 6.45) is 0. The average Bonchev–Trinajstić information content (AvgIpc) is 2.80. The van der Waals surface area contributed by atoms with Crippen LogP contribution >= 0.6 is 0 Å². The number of piperazine rings is 1. The summed E-state index contributed by atoms with van der Waals surface area (Å²) in [6, 6.07) is 12.9. The molecule has 1 aliphatic rings. The fraction of sp³-hybridized carbons (Fsp3) is 0.417. The second-order valence-corrected chi connectivity index (χ2v) is 7.96. The minimum Gasteiger partial charge on any atom is -0.497 e. The van der Waals surface area contributed by atoms with Crippen molar-refractivity contribution in [3.63, 3.8) is 0 Å². The lowest BCUT2D eigenvalue weighted by Gasteiger charge is -2.35. The summed E-state index contributed by atoms with van der Waals surface area (Å²) < 4.78 is 10.7. The van der Waals surface area contributed by atoms with Crippen molar-refractivity contribution < 1.29 is 19.1 Å². The molecule has 0 radical (unpaired) electrons. The molecule has 3 amide bonds. The Morgan fingerprint density at radius 2 is 1.69 bits per heavy atom. The van der Waals surface area contributed by atoms with Crippen LogP contribution < -0.4 is 20.1 Å². The number of rotatable bonds is 7. The molecular weight excluding hydrogens is 408 g/mol. The minimum atomic E-state index is -0.245. The predicted octanol–water partition coefficient (Wildman–Crippen LogP) is 3.04. The molecule has 0 aliphatic carbocycles. The third kappa shape index (κ3) is 6.13. The van der Waals surface area contributed by atoms with Crippen LogP contribution in [-0.4, -0.2) is 68.7 Å². The van der Waals surface area contributed by atoms with Crippen molar-refractivity contribution in [2.75, 3.05) is 52.3 Å². The van der Waals surface area contributed by atoms with E-state index in [4.69, 9.17) is 9.47 Å². The first-order chi connectivity index (χ1) is 15.4. The highest BCUT2D eigenvalue weighted by atomic mass is 16.5. The van der Waals surface area contributed by atoms with E-state index in [0.717, 1.165) is 16.8 Å². The lowest BCUT2D eigenvalue weighted by molar-refractivity contribution is -0.117. The molecular formula is C24H32N4O4. The average molecular weight is 441 g/mol. The molecule has 172 valence electrons. The highest BCUT2D eigenvalue weighted by Gasteiger charge is 2.24. The molecule has 1 aliphatic heterocycles. The summed E-state index contributed by atoms with van der Waals surface area (Å²) in [6.45, 7) is 6.64. The number of benzene rings is 2. The van der Waals surface area contributed by atoms with Crippen molar-refractivity contribution in [2.24, 2.45) is 0 Å². The molecule has 2 N–H and O–H groups in total. The molecule has 0 saturated carbocycles. The highest BCUT2D eigenvalue weighted by molar-refractivity contribution is 5.92. The van der Waals surface area contributed by atoms with Crippen molar-refractivity contribution in [3.8, 4) is 11.5 Å². The van der Waals surface area contributed by atoms with Crippen LogP contribution in [0, 0.1) is 6.92 Å². The lowest BCUT2D eigenvalue weighted by Crippen LogP contribution is -2.53. The number of carbonyl (C=O) groups excluding carboxylic acids is 2. The maximum atomic E-state index is 12.8. The van der Waals surface area contributed by atoms with E-state index in [1.54, 1.807) is 19.1 Å². The molecule has 8 heteroatoms. The van der Waals surface area contributed by atoms with Crippen LogP contribution in [0.15, 0.2) is 42.5 Å². The lowest BCUT2D eigenvalue weighted by atomic mass is 10.1. The van der Waals surface area contributed by atoms with Crippen LogP contribution in [0.25, 0.3) is 0 Å². The zero-order valence-electron chi connectivity index (χ0n) is 19.2. The van der Waals surface area contributed by atoms with Gasteiger partial charge in [-0.15, -0.1) is 0 Å². The van der Waals surface area contributed by atoms with Gasteiger partial charge in [-0.05, 0) is 44.2 Å². The van der Waals surface area contributed by atoms with Crippen LogP contribution in [0.2, 0.25) is 0 Å². The molecule has 8 nitrogen and oxygen atoms in total. The van der Waals surface area contributed by atoms with Crippen molar-refractivity contribution in [3.05, 3.63) is 53.6 Å². The zero-order valence-corrected chi connectivity index (χ0v) is 19.2. The van der Waals surface area contributed by atoms with E-state index in [9.17, 15) is 9.59 Å². The van der Waals surface area contributed by atoms with Gasteiger partial charge in [0, 0.05) is 37.4 Å². The number of urea groups is 1. The second-order valence-electron chi connectivity index (χ2n) is 7.96. The van der Waals surface area contributed by atoms with Gasteiger partial charge in [-0.2, -0.15) is 0 Å². The first-order valence-corrected chi connectivity index (χ1v) is 10.8. The molecule has 1 heterocycles.